The normalized spacial score (nSPS) is 11.7. The second kappa shape index (κ2) is 9.20. The van der Waals surface area contributed by atoms with E-state index in [9.17, 15) is 9.59 Å². The SMILES string of the molecule is CC(C)CC(=O)Nc1ccc(NC(C)C(=O)Nc2ccc(Cl)cn2)cc1. The van der Waals surface area contributed by atoms with Crippen LogP contribution in [0.15, 0.2) is 42.6 Å². The average Bonchev–Trinajstić information content (AvgIpc) is 2.58. The van der Waals surface area contributed by atoms with Gasteiger partial charge in [-0.05, 0) is 49.2 Å². The van der Waals surface area contributed by atoms with Crippen LogP contribution in [0.25, 0.3) is 0 Å². The number of halogens is 1. The van der Waals surface area contributed by atoms with Crippen molar-refractivity contribution < 1.29 is 9.59 Å². The van der Waals surface area contributed by atoms with Crippen molar-refractivity contribution >= 4 is 40.6 Å². The first kappa shape index (κ1) is 19.7. The van der Waals surface area contributed by atoms with Gasteiger partial charge in [0.2, 0.25) is 11.8 Å². The molecule has 6 nitrogen and oxygen atoms in total. The Morgan fingerprint density at radius 3 is 2.23 bits per heavy atom. The third-order valence-electron chi connectivity index (χ3n) is 3.52. The maximum Gasteiger partial charge on any atom is 0.247 e. The van der Waals surface area contributed by atoms with Crippen LogP contribution in [-0.4, -0.2) is 22.8 Å². The van der Waals surface area contributed by atoms with Crippen LogP contribution in [0.1, 0.15) is 27.2 Å². The van der Waals surface area contributed by atoms with E-state index in [1.165, 1.54) is 6.20 Å². The van der Waals surface area contributed by atoms with Crippen molar-refractivity contribution in [3.05, 3.63) is 47.6 Å². The van der Waals surface area contributed by atoms with E-state index in [-0.39, 0.29) is 11.8 Å². The van der Waals surface area contributed by atoms with Gasteiger partial charge < -0.3 is 16.0 Å². The van der Waals surface area contributed by atoms with Crippen molar-refractivity contribution in [1.29, 1.82) is 0 Å². The molecule has 2 amide bonds. The quantitative estimate of drug-likeness (QED) is 0.679. The summed E-state index contributed by atoms with van der Waals surface area (Å²) < 4.78 is 0. The monoisotopic (exact) mass is 374 g/mol. The molecule has 1 atom stereocenters. The summed E-state index contributed by atoms with van der Waals surface area (Å²) in [6, 6.07) is 10.1. The number of rotatable bonds is 7. The number of hydrogen-bond donors (Lipinski definition) is 3. The molecule has 1 aromatic carbocycles. The van der Waals surface area contributed by atoms with Crippen LogP contribution in [0.5, 0.6) is 0 Å². The van der Waals surface area contributed by atoms with Crippen molar-refractivity contribution in [1.82, 2.24) is 4.98 Å². The van der Waals surface area contributed by atoms with Crippen LogP contribution in [0.4, 0.5) is 17.2 Å². The van der Waals surface area contributed by atoms with Gasteiger partial charge in [-0.1, -0.05) is 25.4 Å². The fourth-order valence-electron chi connectivity index (χ4n) is 2.23. The summed E-state index contributed by atoms with van der Waals surface area (Å²) in [6.45, 7) is 5.75. The predicted molar refractivity (Wildman–Crippen MR) is 105 cm³/mol. The molecule has 138 valence electrons. The second-order valence-electron chi connectivity index (χ2n) is 6.44. The van der Waals surface area contributed by atoms with Crippen LogP contribution in [-0.2, 0) is 9.59 Å². The van der Waals surface area contributed by atoms with Gasteiger partial charge in [0.1, 0.15) is 11.9 Å². The molecule has 0 fully saturated rings. The molecule has 1 aromatic heterocycles. The summed E-state index contributed by atoms with van der Waals surface area (Å²) in [7, 11) is 0. The van der Waals surface area contributed by atoms with Crippen molar-refractivity contribution in [2.45, 2.75) is 33.2 Å². The van der Waals surface area contributed by atoms with Crippen LogP contribution >= 0.6 is 11.6 Å². The first-order valence-electron chi connectivity index (χ1n) is 8.42. The molecule has 2 aromatic rings. The highest BCUT2D eigenvalue weighted by atomic mass is 35.5. The van der Waals surface area contributed by atoms with Crippen molar-refractivity contribution in [2.75, 3.05) is 16.0 Å². The Kier molecular flexibility index (Phi) is 6.97. The van der Waals surface area contributed by atoms with Gasteiger partial charge in [0.25, 0.3) is 0 Å². The van der Waals surface area contributed by atoms with Gasteiger partial charge >= 0.3 is 0 Å². The molecule has 0 radical (unpaired) electrons. The zero-order valence-corrected chi connectivity index (χ0v) is 15.8. The van der Waals surface area contributed by atoms with Crippen LogP contribution in [0.2, 0.25) is 5.02 Å². The van der Waals surface area contributed by atoms with Gasteiger partial charge in [0, 0.05) is 24.0 Å². The summed E-state index contributed by atoms with van der Waals surface area (Å²) in [5.74, 6) is 0.528. The lowest BCUT2D eigenvalue weighted by molar-refractivity contribution is -0.117. The number of nitrogens with zero attached hydrogens (tertiary/aromatic N) is 1. The summed E-state index contributed by atoms with van der Waals surface area (Å²) in [4.78, 5) is 28.0. The second-order valence-corrected chi connectivity index (χ2v) is 6.88. The highest BCUT2D eigenvalue weighted by molar-refractivity contribution is 6.30. The molecule has 1 heterocycles. The molecule has 3 N–H and O–H groups in total. The fraction of sp³-hybridized carbons (Fsp3) is 0.316. The lowest BCUT2D eigenvalue weighted by Gasteiger charge is -2.15. The summed E-state index contributed by atoms with van der Waals surface area (Å²) in [6.07, 6.45) is 1.96. The Bertz CT molecular complexity index is 745. The molecule has 0 aliphatic heterocycles. The standard InChI is InChI=1S/C19H23ClN4O2/c1-12(2)10-18(25)23-16-7-5-15(6-8-16)22-13(3)19(26)24-17-9-4-14(20)11-21-17/h4-9,11-13,22H,10H2,1-3H3,(H,23,25)(H,21,24,26). The Balaban J connectivity index is 1.88. The van der Waals surface area contributed by atoms with Crippen molar-refractivity contribution in [2.24, 2.45) is 5.92 Å². The molecule has 7 heteroatoms. The number of benzene rings is 1. The fourth-order valence-corrected chi connectivity index (χ4v) is 2.34. The number of anilines is 3. The number of carbonyl (C=O) groups excluding carboxylic acids is 2. The van der Waals surface area contributed by atoms with Gasteiger partial charge in [0.05, 0.1) is 5.02 Å². The van der Waals surface area contributed by atoms with E-state index in [1.807, 2.05) is 26.0 Å². The molecule has 2 rings (SSSR count). The lowest BCUT2D eigenvalue weighted by Crippen LogP contribution is -2.32. The van der Waals surface area contributed by atoms with Gasteiger partial charge in [-0.3, -0.25) is 9.59 Å². The number of amides is 2. The zero-order chi connectivity index (χ0) is 19.1. The molecular formula is C19H23ClN4O2. The third-order valence-corrected chi connectivity index (χ3v) is 3.74. The van der Waals surface area contributed by atoms with E-state index >= 15 is 0 Å². The lowest BCUT2D eigenvalue weighted by atomic mass is 10.1. The van der Waals surface area contributed by atoms with Crippen molar-refractivity contribution in [3.63, 3.8) is 0 Å². The van der Waals surface area contributed by atoms with Crippen LogP contribution < -0.4 is 16.0 Å². The minimum Gasteiger partial charge on any atom is -0.374 e. The number of pyridine rings is 1. The minimum absolute atomic E-state index is 0.0103. The molecule has 26 heavy (non-hydrogen) atoms. The summed E-state index contributed by atoms with van der Waals surface area (Å²) in [5, 5.41) is 9.18. The van der Waals surface area contributed by atoms with Crippen molar-refractivity contribution in [3.8, 4) is 0 Å². The van der Waals surface area contributed by atoms with E-state index in [2.05, 4.69) is 20.9 Å². The third kappa shape index (κ3) is 6.37. The highest BCUT2D eigenvalue weighted by Gasteiger charge is 2.13. The Hall–Kier alpha value is -2.60. The van der Waals surface area contributed by atoms with Gasteiger partial charge in [-0.2, -0.15) is 0 Å². The zero-order valence-electron chi connectivity index (χ0n) is 15.0. The van der Waals surface area contributed by atoms with E-state index in [0.29, 0.717) is 23.2 Å². The minimum atomic E-state index is -0.464. The van der Waals surface area contributed by atoms with Gasteiger partial charge in [-0.15, -0.1) is 0 Å². The topological polar surface area (TPSA) is 83.1 Å². The van der Waals surface area contributed by atoms with E-state index < -0.39 is 6.04 Å². The maximum absolute atomic E-state index is 12.2. The number of hydrogen-bond acceptors (Lipinski definition) is 4. The van der Waals surface area contributed by atoms with E-state index in [1.54, 1.807) is 31.2 Å². The summed E-state index contributed by atoms with van der Waals surface area (Å²) >= 11 is 5.77. The highest BCUT2D eigenvalue weighted by Crippen LogP contribution is 2.16. The molecule has 1 unspecified atom stereocenters. The average molecular weight is 375 g/mol. The number of aromatic nitrogens is 1. The number of carbonyl (C=O) groups is 2. The summed E-state index contributed by atoms with van der Waals surface area (Å²) in [5.41, 5.74) is 1.50. The smallest absolute Gasteiger partial charge is 0.247 e. The van der Waals surface area contributed by atoms with Gasteiger partial charge in [-0.25, -0.2) is 4.98 Å². The molecule has 0 aliphatic rings. The largest absolute Gasteiger partial charge is 0.374 e. The predicted octanol–water partition coefficient (Wildman–Crippen LogP) is 4.16. The molecule has 0 bridgehead atoms. The Labute approximate surface area is 158 Å². The van der Waals surface area contributed by atoms with E-state index in [4.69, 9.17) is 11.6 Å². The van der Waals surface area contributed by atoms with Crippen LogP contribution in [0.3, 0.4) is 0 Å². The molecule has 0 saturated heterocycles. The first-order chi connectivity index (χ1) is 12.3. The Morgan fingerprint density at radius 1 is 1.00 bits per heavy atom. The molecule has 0 aliphatic carbocycles. The first-order valence-corrected chi connectivity index (χ1v) is 8.80. The molecule has 0 saturated carbocycles. The molecule has 0 spiro atoms. The van der Waals surface area contributed by atoms with E-state index in [0.717, 1.165) is 11.4 Å². The Morgan fingerprint density at radius 2 is 1.65 bits per heavy atom. The molecular weight excluding hydrogens is 352 g/mol. The number of nitrogens with one attached hydrogen (secondary N) is 3. The van der Waals surface area contributed by atoms with Gasteiger partial charge in [0.15, 0.2) is 0 Å². The maximum atomic E-state index is 12.2. The van der Waals surface area contributed by atoms with Crippen LogP contribution in [0, 0.1) is 5.92 Å².